The number of benzene rings is 2. The van der Waals surface area contributed by atoms with E-state index in [9.17, 15) is 0 Å². The van der Waals surface area contributed by atoms with Crippen LogP contribution in [0.3, 0.4) is 0 Å². The zero-order chi connectivity index (χ0) is 16.8. The first-order valence-corrected chi connectivity index (χ1v) is 9.27. The van der Waals surface area contributed by atoms with Gasteiger partial charge in [0.1, 0.15) is 5.75 Å². The lowest BCUT2D eigenvalue weighted by atomic mass is 10.2. The van der Waals surface area contributed by atoms with Gasteiger partial charge in [0.05, 0.1) is 18.5 Å². The third-order valence-electron chi connectivity index (χ3n) is 4.27. The van der Waals surface area contributed by atoms with E-state index in [-0.39, 0.29) is 0 Å². The van der Waals surface area contributed by atoms with Crippen molar-refractivity contribution in [3.63, 3.8) is 0 Å². The molecule has 3 rings (SSSR count). The van der Waals surface area contributed by atoms with Gasteiger partial charge in [-0.1, -0.05) is 30.3 Å². The van der Waals surface area contributed by atoms with Gasteiger partial charge in [0, 0.05) is 36.8 Å². The fraction of sp³-hybridized carbons (Fsp3) is 0.300. The van der Waals surface area contributed by atoms with Crippen LogP contribution in [0.1, 0.15) is 0 Å². The van der Waals surface area contributed by atoms with Crippen molar-refractivity contribution in [1.29, 1.82) is 0 Å². The van der Waals surface area contributed by atoms with E-state index in [0.717, 1.165) is 37.7 Å². The smallest absolute Gasteiger partial charge is 0.142 e. The monoisotopic (exact) mass is 340 g/mol. The van der Waals surface area contributed by atoms with Crippen LogP contribution in [-0.2, 0) is 0 Å². The molecule has 1 aliphatic rings. The summed E-state index contributed by atoms with van der Waals surface area (Å²) in [6, 6.07) is 16.9. The molecule has 0 spiro atoms. The summed E-state index contributed by atoms with van der Waals surface area (Å²) in [7, 11) is 1.74. The number of hydrogen-bond acceptors (Lipinski definition) is 4. The first kappa shape index (κ1) is 16.8. The molecule has 0 atom stereocenters. The predicted octanol–water partition coefficient (Wildman–Crippen LogP) is 4.30. The van der Waals surface area contributed by atoms with Crippen LogP contribution in [0.25, 0.3) is 0 Å². The van der Waals surface area contributed by atoms with Crippen molar-refractivity contribution in [3.8, 4) is 5.75 Å². The second-order valence-electron chi connectivity index (χ2n) is 5.71. The molecule has 1 fully saturated rings. The SMILES string of the molecule is C=CCSc1ccccc1N1CCN(c2ccccc2OC)CC1. The van der Waals surface area contributed by atoms with Crippen molar-refractivity contribution in [2.45, 2.75) is 4.90 Å². The standard InChI is InChI=1S/C20H24N2OS/c1-3-16-24-20-11-7-5-9-18(20)22-14-12-21(13-15-22)17-8-4-6-10-19(17)23-2/h3-11H,1,12-16H2,2H3. The Balaban J connectivity index is 1.70. The molecule has 0 unspecified atom stereocenters. The number of nitrogens with zero attached hydrogens (tertiary/aromatic N) is 2. The molecule has 3 nitrogen and oxygen atoms in total. The zero-order valence-electron chi connectivity index (χ0n) is 14.1. The van der Waals surface area contributed by atoms with Crippen LogP contribution in [0.15, 0.2) is 66.1 Å². The van der Waals surface area contributed by atoms with Gasteiger partial charge in [-0.05, 0) is 24.3 Å². The Morgan fingerprint density at radius 3 is 2.21 bits per heavy atom. The highest BCUT2D eigenvalue weighted by Gasteiger charge is 2.21. The Kier molecular flexibility index (Phi) is 5.70. The van der Waals surface area contributed by atoms with E-state index in [1.165, 1.54) is 16.3 Å². The minimum atomic E-state index is 0.943. The van der Waals surface area contributed by atoms with Gasteiger partial charge in [0.15, 0.2) is 0 Å². The van der Waals surface area contributed by atoms with Crippen LogP contribution < -0.4 is 14.5 Å². The zero-order valence-corrected chi connectivity index (χ0v) is 15.0. The lowest BCUT2D eigenvalue weighted by Gasteiger charge is -2.38. The number of ether oxygens (including phenoxy) is 1. The first-order chi connectivity index (χ1) is 11.8. The number of para-hydroxylation sites is 3. The average molecular weight is 340 g/mol. The summed E-state index contributed by atoms with van der Waals surface area (Å²) in [6.07, 6.45) is 1.96. The molecule has 4 heteroatoms. The molecule has 0 radical (unpaired) electrons. The maximum Gasteiger partial charge on any atom is 0.142 e. The van der Waals surface area contributed by atoms with Gasteiger partial charge < -0.3 is 14.5 Å². The second kappa shape index (κ2) is 8.15. The van der Waals surface area contributed by atoms with Crippen LogP contribution in [0.2, 0.25) is 0 Å². The van der Waals surface area contributed by atoms with Gasteiger partial charge >= 0.3 is 0 Å². The molecule has 1 heterocycles. The van der Waals surface area contributed by atoms with Gasteiger partial charge in [-0.15, -0.1) is 18.3 Å². The third kappa shape index (κ3) is 3.70. The second-order valence-corrected chi connectivity index (χ2v) is 6.78. The Morgan fingerprint density at radius 2 is 1.54 bits per heavy atom. The highest BCUT2D eigenvalue weighted by molar-refractivity contribution is 7.99. The minimum absolute atomic E-state index is 0.943. The number of anilines is 2. The van der Waals surface area contributed by atoms with E-state index < -0.39 is 0 Å². The topological polar surface area (TPSA) is 15.7 Å². The fourth-order valence-corrected chi connectivity index (χ4v) is 3.89. The summed E-state index contributed by atoms with van der Waals surface area (Å²) in [5.74, 6) is 1.89. The largest absolute Gasteiger partial charge is 0.495 e. The molecule has 2 aromatic carbocycles. The van der Waals surface area contributed by atoms with Crippen LogP contribution in [0, 0.1) is 0 Å². The van der Waals surface area contributed by atoms with E-state index in [4.69, 9.17) is 4.74 Å². The number of piperazine rings is 1. The molecule has 24 heavy (non-hydrogen) atoms. The van der Waals surface area contributed by atoms with Crippen molar-refractivity contribution in [2.75, 3.05) is 48.8 Å². The maximum atomic E-state index is 5.51. The van der Waals surface area contributed by atoms with Crippen molar-refractivity contribution in [1.82, 2.24) is 0 Å². The van der Waals surface area contributed by atoms with Crippen LogP contribution >= 0.6 is 11.8 Å². The van der Waals surface area contributed by atoms with E-state index in [2.05, 4.69) is 52.8 Å². The molecule has 1 saturated heterocycles. The van der Waals surface area contributed by atoms with Gasteiger partial charge in [-0.3, -0.25) is 0 Å². The summed E-state index contributed by atoms with van der Waals surface area (Å²) in [5, 5.41) is 0. The van der Waals surface area contributed by atoms with Gasteiger partial charge in [0.25, 0.3) is 0 Å². The Hall–Kier alpha value is -2.07. The molecule has 0 amide bonds. The quantitative estimate of drug-likeness (QED) is 0.575. The first-order valence-electron chi connectivity index (χ1n) is 8.29. The summed E-state index contributed by atoms with van der Waals surface area (Å²) in [5.41, 5.74) is 2.53. The normalized spacial score (nSPS) is 14.5. The Labute approximate surface area is 148 Å². The van der Waals surface area contributed by atoms with Crippen molar-refractivity contribution >= 4 is 23.1 Å². The molecule has 1 aliphatic heterocycles. The van der Waals surface area contributed by atoms with E-state index >= 15 is 0 Å². The molecule has 126 valence electrons. The predicted molar refractivity (Wildman–Crippen MR) is 105 cm³/mol. The van der Waals surface area contributed by atoms with Gasteiger partial charge in [0.2, 0.25) is 0 Å². The summed E-state index contributed by atoms with van der Waals surface area (Å²) in [4.78, 5) is 6.23. The number of methoxy groups -OCH3 is 1. The number of rotatable bonds is 6. The average Bonchev–Trinajstić information content (AvgIpc) is 2.66. The minimum Gasteiger partial charge on any atom is -0.495 e. The third-order valence-corrected chi connectivity index (χ3v) is 5.33. The highest BCUT2D eigenvalue weighted by Crippen LogP contribution is 2.33. The lowest BCUT2D eigenvalue weighted by Crippen LogP contribution is -2.46. The Morgan fingerprint density at radius 1 is 0.958 bits per heavy atom. The highest BCUT2D eigenvalue weighted by atomic mass is 32.2. The number of thioether (sulfide) groups is 1. The molecular weight excluding hydrogens is 316 g/mol. The molecule has 0 bridgehead atoms. The van der Waals surface area contributed by atoms with Crippen LogP contribution in [0.5, 0.6) is 5.75 Å². The molecule has 2 aromatic rings. The maximum absolute atomic E-state index is 5.51. The van der Waals surface area contributed by atoms with E-state index in [1.54, 1.807) is 7.11 Å². The molecular formula is C20H24N2OS. The summed E-state index contributed by atoms with van der Waals surface area (Å²) < 4.78 is 5.51. The molecule has 0 saturated carbocycles. The van der Waals surface area contributed by atoms with Gasteiger partial charge in [-0.2, -0.15) is 0 Å². The summed E-state index contributed by atoms with van der Waals surface area (Å²) >= 11 is 1.85. The summed E-state index contributed by atoms with van der Waals surface area (Å²) in [6.45, 7) is 7.86. The Bertz CT molecular complexity index is 681. The van der Waals surface area contributed by atoms with Crippen molar-refractivity contribution in [3.05, 3.63) is 61.2 Å². The molecule has 0 N–H and O–H groups in total. The lowest BCUT2D eigenvalue weighted by molar-refractivity contribution is 0.413. The van der Waals surface area contributed by atoms with E-state index in [0.29, 0.717) is 0 Å². The van der Waals surface area contributed by atoms with E-state index in [1.807, 2.05) is 30.0 Å². The fourth-order valence-electron chi connectivity index (χ4n) is 3.07. The van der Waals surface area contributed by atoms with Crippen LogP contribution in [-0.4, -0.2) is 39.0 Å². The van der Waals surface area contributed by atoms with Crippen LogP contribution in [0.4, 0.5) is 11.4 Å². The molecule has 0 aromatic heterocycles. The van der Waals surface area contributed by atoms with Crippen molar-refractivity contribution in [2.24, 2.45) is 0 Å². The number of hydrogen-bond donors (Lipinski definition) is 0. The molecule has 0 aliphatic carbocycles. The van der Waals surface area contributed by atoms with Crippen molar-refractivity contribution < 1.29 is 4.74 Å². The van der Waals surface area contributed by atoms with Gasteiger partial charge in [-0.25, -0.2) is 0 Å².